The van der Waals surface area contributed by atoms with E-state index in [1.54, 1.807) is 26.0 Å². The van der Waals surface area contributed by atoms with Gasteiger partial charge in [0.15, 0.2) is 5.69 Å². The molecule has 0 aliphatic heterocycles. The summed E-state index contributed by atoms with van der Waals surface area (Å²) in [5, 5.41) is 8.95. The Morgan fingerprint density at radius 3 is 2.19 bits per heavy atom. The Kier molecular flexibility index (Phi) is 4.12. The van der Waals surface area contributed by atoms with Crippen LogP contribution in [-0.4, -0.2) is 16.1 Å². The monoisotopic (exact) mass is 379 g/mol. The van der Waals surface area contributed by atoms with Crippen LogP contribution in [0.15, 0.2) is 16.6 Å². The largest absolute Gasteiger partial charge is 0.477 e. The number of rotatable bonds is 2. The van der Waals surface area contributed by atoms with Crippen LogP contribution in [0.1, 0.15) is 26.5 Å². The van der Waals surface area contributed by atoms with Gasteiger partial charge in [-0.15, -0.1) is 11.3 Å². The van der Waals surface area contributed by atoms with Gasteiger partial charge in [-0.3, -0.25) is 0 Å². The fourth-order valence-corrected chi connectivity index (χ4v) is 2.99. The van der Waals surface area contributed by atoms with Crippen LogP contribution in [0.5, 0.6) is 0 Å². The Balaban J connectivity index is 2.64. The first kappa shape index (κ1) is 16.0. The van der Waals surface area contributed by atoms with E-state index in [9.17, 15) is 18.0 Å². The van der Waals surface area contributed by atoms with E-state index < -0.39 is 22.7 Å². The number of carboxylic acids is 1. The molecule has 0 atom stereocenters. The van der Waals surface area contributed by atoms with Gasteiger partial charge >= 0.3 is 12.1 Å². The lowest BCUT2D eigenvalue weighted by atomic mass is 10.1. The van der Waals surface area contributed by atoms with E-state index in [0.717, 1.165) is 15.6 Å². The third-order valence-corrected chi connectivity index (χ3v) is 5.12. The van der Waals surface area contributed by atoms with E-state index in [2.05, 4.69) is 20.9 Å². The average molecular weight is 380 g/mol. The van der Waals surface area contributed by atoms with Crippen LogP contribution in [0, 0.1) is 13.8 Å². The van der Waals surface area contributed by atoms with Crippen LogP contribution in [0.3, 0.4) is 0 Å². The summed E-state index contributed by atoms with van der Waals surface area (Å²) in [7, 11) is 0. The molecule has 1 aromatic carbocycles. The number of aromatic nitrogens is 1. The van der Waals surface area contributed by atoms with Crippen molar-refractivity contribution in [2.75, 3.05) is 0 Å². The summed E-state index contributed by atoms with van der Waals surface area (Å²) in [4.78, 5) is 13.7. The minimum Gasteiger partial charge on any atom is -0.477 e. The fourth-order valence-electron chi connectivity index (χ4n) is 1.85. The SMILES string of the molecule is Cc1cc(-c2nc(C(F)(F)F)c(C(=O)O)s2)cc(C)c1Br. The van der Waals surface area contributed by atoms with Crippen LogP contribution < -0.4 is 0 Å². The van der Waals surface area contributed by atoms with Crippen molar-refractivity contribution in [1.29, 1.82) is 0 Å². The van der Waals surface area contributed by atoms with Crippen molar-refractivity contribution in [2.45, 2.75) is 20.0 Å². The number of alkyl halides is 3. The molecule has 2 aromatic rings. The summed E-state index contributed by atoms with van der Waals surface area (Å²) in [5.41, 5.74) is 0.792. The number of benzene rings is 1. The first-order chi connectivity index (χ1) is 9.61. The molecule has 0 unspecified atom stereocenters. The molecule has 8 heteroatoms. The summed E-state index contributed by atoms with van der Waals surface area (Å²) in [6.07, 6.45) is -4.79. The molecular weight excluding hydrogens is 371 g/mol. The second kappa shape index (κ2) is 5.42. The number of hydrogen-bond donors (Lipinski definition) is 1. The summed E-state index contributed by atoms with van der Waals surface area (Å²) >= 11 is 3.89. The van der Waals surface area contributed by atoms with Crippen LogP contribution in [0.2, 0.25) is 0 Å². The highest BCUT2D eigenvalue weighted by Gasteiger charge is 2.39. The highest BCUT2D eigenvalue weighted by atomic mass is 79.9. The van der Waals surface area contributed by atoms with Crippen molar-refractivity contribution in [3.63, 3.8) is 0 Å². The molecule has 21 heavy (non-hydrogen) atoms. The molecule has 0 saturated carbocycles. The van der Waals surface area contributed by atoms with Crippen molar-refractivity contribution in [3.05, 3.63) is 38.3 Å². The van der Waals surface area contributed by atoms with Gasteiger partial charge in [-0.05, 0) is 37.1 Å². The summed E-state index contributed by atoms with van der Waals surface area (Å²) in [6.45, 7) is 3.61. The molecule has 0 aliphatic rings. The van der Waals surface area contributed by atoms with E-state index in [-0.39, 0.29) is 5.01 Å². The third kappa shape index (κ3) is 3.11. The van der Waals surface area contributed by atoms with Gasteiger partial charge in [-0.1, -0.05) is 15.9 Å². The first-order valence-electron chi connectivity index (χ1n) is 5.69. The predicted octanol–water partition coefficient (Wildman–Crippen LogP) is 4.91. The number of halogens is 4. The van der Waals surface area contributed by atoms with Gasteiger partial charge in [0.25, 0.3) is 0 Å². The molecule has 1 heterocycles. The van der Waals surface area contributed by atoms with Crippen LogP contribution in [-0.2, 0) is 6.18 Å². The maximum Gasteiger partial charge on any atom is 0.435 e. The Bertz CT molecular complexity index is 702. The highest BCUT2D eigenvalue weighted by molar-refractivity contribution is 9.10. The highest BCUT2D eigenvalue weighted by Crippen LogP contribution is 2.38. The Hall–Kier alpha value is -1.41. The molecule has 3 nitrogen and oxygen atoms in total. The molecule has 1 aromatic heterocycles. The standard InChI is InChI=1S/C13H9BrF3NO2S/c1-5-3-7(4-6(2)8(5)14)11-18-10(13(15,16)17)9(21-11)12(19)20/h3-4H,1-2H3,(H,19,20). The zero-order valence-electron chi connectivity index (χ0n) is 10.9. The minimum absolute atomic E-state index is 0.0402. The molecule has 112 valence electrons. The third-order valence-electron chi connectivity index (χ3n) is 2.77. The quantitative estimate of drug-likeness (QED) is 0.806. The van der Waals surface area contributed by atoms with Gasteiger partial charge in [-0.2, -0.15) is 13.2 Å². The zero-order valence-corrected chi connectivity index (χ0v) is 13.3. The predicted molar refractivity (Wildman–Crippen MR) is 76.7 cm³/mol. The van der Waals surface area contributed by atoms with Gasteiger partial charge in [0.1, 0.15) is 9.88 Å². The van der Waals surface area contributed by atoms with E-state index >= 15 is 0 Å². The fraction of sp³-hybridized carbons (Fsp3) is 0.231. The van der Waals surface area contributed by atoms with Gasteiger partial charge in [-0.25, -0.2) is 9.78 Å². The second-order valence-corrected chi connectivity index (χ2v) is 6.22. The van der Waals surface area contributed by atoms with E-state index in [0.29, 0.717) is 16.9 Å². The summed E-state index contributed by atoms with van der Waals surface area (Å²) < 4.78 is 39.4. The van der Waals surface area contributed by atoms with Gasteiger partial charge in [0.2, 0.25) is 0 Å². The molecule has 1 N–H and O–H groups in total. The lowest BCUT2D eigenvalue weighted by Crippen LogP contribution is -2.11. The van der Waals surface area contributed by atoms with Crippen LogP contribution >= 0.6 is 27.3 Å². The Morgan fingerprint density at radius 2 is 1.81 bits per heavy atom. The average Bonchev–Trinajstić information content (AvgIpc) is 2.80. The summed E-state index contributed by atoms with van der Waals surface area (Å²) in [5.74, 6) is -1.63. The van der Waals surface area contributed by atoms with Gasteiger partial charge in [0, 0.05) is 10.0 Å². The van der Waals surface area contributed by atoms with Gasteiger partial charge < -0.3 is 5.11 Å². The van der Waals surface area contributed by atoms with Crippen molar-refractivity contribution in [2.24, 2.45) is 0 Å². The molecule has 0 fully saturated rings. The van der Waals surface area contributed by atoms with Crippen LogP contribution in [0.4, 0.5) is 13.2 Å². The molecule has 2 rings (SSSR count). The molecule has 0 bridgehead atoms. The molecule has 0 spiro atoms. The topological polar surface area (TPSA) is 50.2 Å². The molecule has 0 radical (unpaired) electrons. The Morgan fingerprint density at radius 1 is 1.29 bits per heavy atom. The van der Waals surface area contributed by atoms with E-state index in [1.165, 1.54) is 0 Å². The normalized spacial score (nSPS) is 11.7. The first-order valence-corrected chi connectivity index (χ1v) is 7.30. The number of hydrogen-bond acceptors (Lipinski definition) is 3. The van der Waals surface area contributed by atoms with Crippen molar-refractivity contribution in [3.8, 4) is 10.6 Å². The maximum absolute atomic E-state index is 12.8. The lowest BCUT2D eigenvalue weighted by Gasteiger charge is -2.06. The second-order valence-electron chi connectivity index (χ2n) is 4.42. The molecule has 0 aliphatic carbocycles. The van der Waals surface area contributed by atoms with Crippen molar-refractivity contribution >= 4 is 33.2 Å². The van der Waals surface area contributed by atoms with E-state index in [4.69, 9.17) is 5.11 Å². The van der Waals surface area contributed by atoms with Crippen LogP contribution in [0.25, 0.3) is 10.6 Å². The van der Waals surface area contributed by atoms with Crippen molar-refractivity contribution in [1.82, 2.24) is 4.98 Å². The maximum atomic E-state index is 12.8. The molecule has 0 amide bonds. The number of thiazole rings is 1. The minimum atomic E-state index is -4.79. The molecular formula is C13H9BrF3NO2S. The summed E-state index contributed by atoms with van der Waals surface area (Å²) in [6, 6.07) is 3.34. The van der Waals surface area contributed by atoms with Gasteiger partial charge in [0.05, 0.1) is 0 Å². The lowest BCUT2D eigenvalue weighted by molar-refractivity contribution is -0.141. The number of nitrogens with zero attached hydrogens (tertiary/aromatic N) is 1. The van der Waals surface area contributed by atoms with E-state index in [1.807, 2.05) is 0 Å². The smallest absolute Gasteiger partial charge is 0.435 e. The number of carbonyl (C=O) groups is 1. The number of carboxylic acid groups (broad SMARTS) is 1. The molecule has 0 saturated heterocycles. The number of aromatic carboxylic acids is 1. The van der Waals surface area contributed by atoms with Crippen molar-refractivity contribution < 1.29 is 23.1 Å². The Labute approximate surface area is 130 Å². The number of aryl methyl sites for hydroxylation is 2. The zero-order chi connectivity index (χ0) is 15.9.